The van der Waals surface area contributed by atoms with Crippen LogP contribution in [0.25, 0.3) is 11.0 Å². The lowest BCUT2D eigenvalue weighted by molar-refractivity contribution is 0.415. The number of aromatic nitrogens is 2. The molecular formula is C13H17N3O. The van der Waals surface area contributed by atoms with Crippen LogP contribution < -0.4 is 10.5 Å². The average Bonchev–Trinajstić information content (AvgIpc) is 3.14. The standard InChI is InChI=1S/C13H17N3O/c1-16-11-6-5-9(17-2)7-10(11)15-13(16)12(14)8-3-4-8/h5-8,12H,3-4,14H2,1-2H3. The second-order valence-corrected chi connectivity index (χ2v) is 4.75. The van der Waals surface area contributed by atoms with Gasteiger partial charge in [-0.25, -0.2) is 4.98 Å². The summed E-state index contributed by atoms with van der Waals surface area (Å²) in [5, 5.41) is 0. The number of nitrogens with zero attached hydrogens (tertiary/aromatic N) is 2. The van der Waals surface area contributed by atoms with E-state index >= 15 is 0 Å². The number of aryl methyl sites for hydroxylation is 1. The third kappa shape index (κ3) is 1.69. The Balaban J connectivity index is 2.10. The Kier molecular flexibility index (Phi) is 2.33. The molecule has 0 aliphatic heterocycles. The van der Waals surface area contributed by atoms with Crippen molar-refractivity contribution < 1.29 is 4.74 Å². The van der Waals surface area contributed by atoms with Crippen LogP contribution in [0.1, 0.15) is 24.7 Å². The first-order chi connectivity index (χ1) is 8.20. The maximum Gasteiger partial charge on any atom is 0.126 e. The molecule has 0 amide bonds. The Morgan fingerprint density at radius 1 is 1.47 bits per heavy atom. The van der Waals surface area contributed by atoms with Crippen LogP contribution in [-0.4, -0.2) is 16.7 Å². The van der Waals surface area contributed by atoms with Crippen LogP contribution in [0.5, 0.6) is 5.75 Å². The molecule has 0 spiro atoms. The first-order valence-corrected chi connectivity index (χ1v) is 5.96. The largest absolute Gasteiger partial charge is 0.497 e. The minimum atomic E-state index is 0.0680. The van der Waals surface area contributed by atoms with Crippen LogP contribution in [0, 0.1) is 5.92 Å². The second kappa shape index (κ2) is 3.74. The third-order valence-electron chi connectivity index (χ3n) is 3.55. The molecule has 90 valence electrons. The number of hydrogen-bond donors (Lipinski definition) is 1. The molecule has 1 aromatic carbocycles. The molecule has 0 bridgehead atoms. The first-order valence-electron chi connectivity index (χ1n) is 5.96. The third-order valence-corrected chi connectivity index (χ3v) is 3.55. The van der Waals surface area contributed by atoms with Gasteiger partial charge >= 0.3 is 0 Å². The molecule has 4 heteroatoms. The molecule has 17 heavy (non-hydrogen) atoms. The molecule has 1 aliphatic carbocycles. The van der Waals surface area contributed by atoms with E-state index in [2.05, 4.69) is 9.55 Å². The molecule has 1 aromatic heterocycles. The topological polar surface area (TPSA) is 53.1 Å². The second-order valence-electron chi connectivity index (χ2n) is 4.75. The molecule has 0 saturated heterocycles. The summed E-state index contributed by atoms with van der Waals surface area (Å²) in [7, 11) is 3.69. The Morgan fingerprint density at radius 3 is 2.88 bits per heavy atom. The lowest BCUT2D eigenvalue weighted by Gasteiger charge is -2.09. The monoisotopic (exact) mass is 231 g/mol. The quantitative estimate of drug-likeness (QED) is 0.879. The number of benzene rings is 1. The fourth-order valence-electron chi connectivity index (χ4n) is 2.29. The van der Waals surface area contributed by atoms with Crippen molar-refractivity contribution in [1.29, 1.82) is 0 Å². The average molecular weight is 231 g/mol. The van der Waals surface area contributed by atoms with Gasteiger partial charge in [-0.2, -0.15) is 0 Å². The molecule has 2 aromatic rings. The van der Waals surface area contributed by atoms with Crippen LogP contribution in [0.4, 0.5) is 0 Å². The number of nitrogens with two attached hydrogens (primary N) is 1. The van der Waals surface area contributed by atoms with Gasteiger partial charge in [-0.15, -0.1) is 0 Å². The van der Waals surface area contributed by atoms with Gasteiger partial charge in [-0.3, -0.25) is 0 Å². The molecule has 1 heterocycles. The van der Waals surface area contributed by atoms with E-state index in [4.69, 9.17) is 10.5 Å². The van der Waals surface area contributed by atoms with Crippen molar-refractivity contribution >= 4 is 11.0 Å². The zero-order valence-electron chi connectivity index (χ0n) is 10.2. The van der Waals surface area contributed by atoms with E-state index in [-0.39, 0.29) is 6.04 Å². The van der Waals surface area contributed by atoms with E-state index in [0.29, 0.717) is 5.92 Å². The smallest absolute Gasteiger partial charge is 0.126 e. The minimum Gasteiger partial charge on any atom is -0.497 e. The minimum absolute atomic E-state index is 0.0680. The number of ether oxygens (including phenoxy) is 1. The highest BCUT2D eigenvalue weighted by Crippen LogP contribution is 2.39. The molecule has 1 atom stereocenters. The zero-order chi connectivity index (χ0) is 12.0. The Bertz CT molecular complexity index is 557. The van der Waals surface area contributed by atoms with Gasteiger partial charge in [0.2, 0.25) is 0 Å². The number of methoxy groups -OCH3 is 1. The van der Waals surface area contributed by atoms with E-state index in [1.54, 1.807) is 7.11 Å². The van der Waals surface area contributed by atoms with Gasteiger partial charge in [0.1, 0.15) is 11.6 Å². The van der Waals surface area contributed by atoms with Crippen LogP contribution in [0.2, 0.25) is 0 Å². The molecule has 1 unspecified atom stereocenters. The van der Waals surface area contributed by atoms with Gasteiger partial charge in [0.25, 0.3) is 0 Å². The van der Waals surface area contributed by atoms with E-state index < -0.39 is 0 Å². The Labute approximate surface area is 100 Å². The molecule has 1 aliphatic rings. The highest BCUT2D eigenvalue weighted by Gasteiger charge is 2.32. The summed E-state index contributed by atoms with van der Waals surface area (Å²) in [5.41, 5.74) is 8.29. The summed E-state index contributed by atoms with van der Waals surface area (Å²) in [6.07, 6.45) is 2.46. The lowest BCUT2D eigenvalue weighted by atomic mass is 10.2. The lowest BCUT2D eigenvalue weighted by Crippen LogP contribution is -2.17. The van der Waals surface area contributed by atoms with Crippen LogP contribution in [0.3, 0.4) is 0 Å². The highest BCUT2D eigenvalue weighted by molar-refractivity contribution is 5.77. The predicted octanol–water partition coefficient (Wildman–Crippen LogP) is 1.99. The molecule has 1 fully saturated rings. The molecular weight excluding hydrogens is 214 g/mol. The SMILES string of the molecule is COc1ccc2c(c1)nc(C(N)C1CC1)n2C. The maximum atomic E-state index is 6.22. The number of rotatable bonds is 3. The number of fused-ring (bicyclic) bond motifs is 1. The fourth-order valence-corrected chi connectivity index (χ4v) is 2.29. The predicted molar refractivity (Wildman–Crippen MR) is 66.9 cm³/mol. The summed E-state index contributed by atoms with van der Waals surface area (Å²) in [4.78, 5) is 4.64. The van der Waals surface area contributed by atoms with Gasteiger partial charge in [0.05, 0.1) is 24.2 Å². The van der Waals surface area contributed by atoms with E-state index in [9.17, 15) is 0 Å². The zero-order valence-corrected chi connectivity index (χ0v) is 10.2. The van der Waals surface area contributed by atoms with Crippen molar-refractivity contribution in [2.24, 2.45) is 18.7 Å². The van der Waals surface area contributed by atoms with Crippen LogP contribution in [-0.2, 0) is 7.05 Å². The molecule has 4 nitrogen and oxygen atoms in total. The normalized spacial score (nSPS) is 17.4. The van der Waals surface area contributed by atoms with E-state index in [1.165, 1.54) is 12.8 Å². The van der Waals surface area contributed by atoms with Crippen LogP contribution >= 0.6 is 0 Å². The molecule has 1 saturated carbocycles. The Morgan fingerprint density at radius 2 is 2.24 bits per heavy atom. The summed E-state index contributed by atoms with van der Waals surface area (Å²) < 4.78 is 7.31. The Hall–Kier alpha value is -1.55. The van der Waals surface area contributed by atoms with Crippen LogP contribution in [0.15, 0.2) is 18.2 Å². The summed E-state index contributed by atoms with van der Waals surface area (Å²) in [5.74, 6) is 2.44. The van der Waals surface area contributed by atoms with E-state index in [1.807, 2.05) is 25.2 Å². The van der Waals surface area contributed by atoms with Gasteiger partial charge < -0.3 is 15.0 Å². The van der Waals surface area contributed by atoms with Gasteiger partial charge in [-0.1, -0.05) is 0 Å². The van der Waals surface area contributed by atoms with Crippen molar-refractivity contribution in [3.8, 4) is 5.75 Å². The maximum absolute atomic E-state index is 6.22. The highest BCUT2D eigenvalue weighted by atomic mass is 16.5. The number of hydrogen-bond acceptors (Lipinski definition) is 3. The van der Waals surface area contributed by atoms with Crippen molar-refractivity contribution in [2.75, 3.05) is 7.11 Å². The first kappa shape index (κ1) is 10.6. The number of imidazole rings is 1. The fraction of sp³-hybridized carbons (Fsp3) is 0.462. The summed E-state index contributed by atoms with van der Waals surface area (Å²) in [6, 6.07) is 6.01. The molecule has 0 radical (unpaired) electrons. The van der Waals surface area contributed by atoms with Crippen molar-refractivity contribution in [3.05, 3.63) is 24.0 Å². The van der Waals surface area contributed by atoms with Crippen molar-refractivity contribution in [1.82, 2.24) is 9.55 Å². The van der Waals surface area contributed by atoms with Gasteiger partial charge in [0, 0.05) is 13.1 Å². The summed E-state index contributed by atoms with van der Waals surface area (Å²) >= 11 is 0. The van der Waals surface area contributed by atoms with E-state index in [0.717, 1.165) is 22.6 Å². The van der Waals surface area contributed by atoms with Gasteiger partial charge in [0.15, 0.2) is 0 Å². The molecule has 3 rings (SSSR count). The van der Waals surface area contributed by atoms with Crippen molar-refractivity contribution in [2.45, 2.75) is 18.9 Å². The van der Waals surface area contributed by atoms with Crippen molar-refractivity contribution in [3.63, 3.8) is 0 Å². The molecule has 2 N–H and O–H groups in total. The summed E-state index contributed by atoms with van der Waals surface area (Å²) in [6.45, 7) is 0. The van der Waals surface area contributed by atoms with Gasteiger partial charge in [-0.05, 0) is 30.9 Å².